The van der Waals surface area contributed by atoms with Crippen LogP contribution in [0.5, 0.6) is 11.5 Å². The number of hydrogen-bond acceptors (Lipinski definition) is 6. The van der Waals surface area contributed by atoms with Crippen LogP contribution in [0.15, 0.2) is 42.5 Å². The molecule has 8 heteroatoms. The Hall–Kier alpha value is -3.42. The van der Waals surface area contributed by atoms with E-state index < -0.39 is 30.4 Å². The standard InChI is InChI=1S/C20H20FNO6/c1-12(23)14-7-8-17(18(9-14)26-3)27-11-19(24)28-13(2)20(25)22-16-6-4-5-15(21)10-16/h4-10,13H,11H2,1-3H3,(H,22,25)/t13-/m1/s1. The van der Waals surface area contributed by atoms with Crippen LogP contribution in [0.4, 0.5) is 10.1 Å². The Bertz CT molecular complexity index is 883. The van der Waals surface area contributed by atoms with Crippen molar-refractivity contribution in [3.8, 4) is 11.5 Å². The quantitative estimate of drug-likeness (QED) is 0.551. The predicted molar refractivity (Wildman–Crippen MR) is 99.1 cm³/mol. The lowest BCUT2D eigenvalue weighted by Crippen LogP contribution is -2.31. The zero-order chi connectivity index (χ0) is 20.7. The molecule has 0 aliphatic heterocycles. The van der Waals surface area contributed by atoms with Crippen molar-refractivity contribution in [2.45, 2.75) is 20.0 Å². The molecule has 1 atom stereocenters. The summed E-state index contributed by atoms with van der Waals surface area (Å²) >= 11 is 0. The Morgan fingerprint density at radius 3 is 2.50 bits per heavy atom. The number of halogens is 1. The van der Waals surface area contributed by atoms with E-state index in [-0.39, 0.29) is 23.0 Å². The van der Waals surface area contributed by atoms with Crippen molar-refractivity contribution in [1.29, 1.82) is 0 Å². The molecule has 2 aromatic rings. The molecule has 2 rings (SSSR count). The third-order valence-corrected chi connectivity index (χ3v) is 3.69. The molecule has 0 aliphatic rings. The highest BCUT2D eigenvalue weighted by Crippen LogP contribution is 2.28. The fraction of sp³-hybridized carbons (Fsp3) is 0.250. The summed E-state index contributed by atoms with van der Waals surface area (Å²) in [6, 6.07) is 9.89. The molecule has 7 nitrogen and oxygen atoms in total. The van der Waals surface area contributed by atoms with E-state index in [9.17, 15) is 18.8 Å². The van der Waals surface area contributed by atoms with Crippen molar-refractivity contribution >= 4 is 23.3 Å². The smallest absolute Gasteiger partial charge is 0.344 e. The number of amides is 1. The molecule has 0 fully saturated rings. The molecular formula is C20H20FNO6. The van der Waals surface area contributed by atoms with E-state index >= 15 is 0 Å². The fourth-order valence-electron chi connectivity index (χ4n) is 2.24. The first kappa shape index (κ1) is 20.9. The first-order chi connectivity index (χ1) is 13.3. The maximum Gasteiger partial charge on any atom is 0.344 e. The van der Waals surface area contributed by atoms with Gasteiger partial charge in [0.05, 0.1) is 7.11 Å². The Morgan fingerprint density at radius 1 is 1.11 bits per heavy atom. The van der Waals surface area contributed by atoms with Gasteiger partial charge in [-0.05, 0) is 50.2 Å². The molecule has 0 heterocycles. The van der Waals surface area contributed by atoms with Crippen LogP contribution < -0.4 is 14.8 Å². The number of rotatable bonds is 8. The van der Waals surface area contributed by atoms with Crippen LogP contribution in [-0.2, 0) is 14.3 Å². The molecular weight excluding hydrogens is 369 g/mol. The number of carbonyl (C=O) groups excluding carboxylic acids is 3. The summed E-state index contributed by atoms with van der Waals surface area (Å²) < 4.78 is 28.6. The van der Waals surface area contributed by atoms with E-state index in [1.54, 1.807) is 6.07 Å². The van der Waals surface area contributed by atoms with E-state index in [0.29, 0.717) is 5.56 Å². The van der Waals surface area contributed by atoms with Gasteiger partial charge in [0.2, 0.25) is 0 Å². The average molecular weight is 389 g/mol. The van der Waals surface area contributed by atoms with Crippen LogP contribution in [0.3, 0.4) is 0 Å². The monoisotopic (exact) mass is 389 g/mol. The molecule has 28 heavy (non-hydrogen) atoms. The van der Waals surface area contributed by atoms with Crippen molar-refractivity contribution in [2.75, 3.05) is 19.0 Å². The van der Waals surface area contributed by atoms with E-state index in [2.05, 4.69) is 5.32 Å². The minimum absolute atomic E-state index is 0.137. The molecule has 0 radical (unpaired) electrons. The van der Waals surface area contributed by atoms with Gasteiger partial charge in [0.1, 0.15) is 5.82 Å². The Kier molecular flexibility index (Phi) is 7.08. The van der Waals surface area contributed by atoms with E-state index in [0.717, 1.165) is 6.07 Å². The fourth-order valence-corrected chi connectivity index (χ4v) is 2.24. The van der Waals surface area contributed by atoms with Crippen molar-refractivity contribution in [2.24, 2.45) is 0 Å². The zero-order valence-electron chi connectivity index (χ0n) is 15.7. The zero-order valence-corrected chi connectivity index (χ0v) is 15.7. The number of Topliss-reactive ketones (excluding diaryl/α,β-unsaturated/α-hetero) is 1. The van der Waals surface area contributed by atoms with Gasteiger partial charge in [-0.3, -0.25) is 9.59 Å². The lowest BCUT2D eigenvalue weighted by molar-refractivity contribution is -0.155. The Balaban J connectivity index is 1.89. The number of ketones is 1. The van der Waals surface area contributed by atoms with Crippen LogP contribution in [0, 0.1) is 5.82 Å². The number of hydrogen-bond donors (Lipinski definition) is 1. The third-order valence-electron chi connectivity index (χ3n) is 3.69. The van der Waals surface area contributed by atoms with Gasteiger partial charge in [-0.25, -0.2) is 9.18 Å². The first-order valence-electron chi connectivity index (χ1n) is 8.38. The number of methoxy groups -OCH3 is 1. The summed E-state index contributed by atoms with van der Waals surface area (Å²) in [7, 11) is 1.41. The second kappa shape index (κ2) is 9.50. The van der Waals surface area contributed by atoms with Crippen LogP contribution >= 0.6 is 0 Å². The van der Waals surface area contributed by atoms with Crippen molar-refractivity contribution in [3.05, 3.63) is 53.8 Å². The minimum atomic E-state index is -1.11. The van der Waals surface area contributed by atoms with Gasteiger partial charge in [-0.15, -0.1) is 0 Å². The molecule has 0 aromatic heterocycles. The molecule has 1 N–H and O–H groups in total. The maximum atomic E-state index is 13.1. The summed E-state index contributed by atoms with van der Waals surface area (Å²) in [6.45, 7) is 2.34. The summed E-state index contributed by atoms with van der Waals surface area (Å²) in [4.78, 5) is 35.4. The number of benzene rings is 2. The van der Waals surface area contributed by atoms with Gasteiger partial charge in [0, 0.05) is 11.3 Å². The molecule has 0 saturated carbocycles. The Morgan fingerprint density at radius 2 is 1.86 bits per heavy atom. The normalized spacial score (nSPS) is 11.3. The van der Waals surface area contributed by atoms with Crippen LogP contribution in [0.25, 0.3) is 0 Å². The lowest BCUT2D eigenvalue weighted by Gasteiger charge is -2.15. The number of nitrogens with one attached hydrogen (secondary N) is 1. The molecule has 0 spiro atoms. The SMILES string of the molecule is COc1cc(C(C)=O)ccc1OCC(=O)O[C@H](C)C(=O)Nc1cccc(F)c1. The molecule has 0 bridgehead atoms. The van der Waals surface area contributed by atoms with Crippen LogP contribution in [0.1, 0.15) is 24.2 Å². The number of anilines is 1. The van der Waals surface area contributed by atoms with E-state index in [1.807, 2.05) is 0 Å². The molecule has 0 saturated heterocycles. The highest BCUT2D eigenvalue weighted by atomic mass is 19.1. The summed E-state index contributed by atoms with van der Waals surface area (Å²) in [5, 5.41) is 2.45. The molecule has 0 unspecified atom stereocenters. The topological polar surface area (TPSA) is 90.9 Å². The number of carbonyl (C=O) groups is 3. The van der Waals surface area contributed by atoms with Gasteiger partial charge in [0.25, 0.3) is 5.91 Å². The van der Waals surface area contributed by atoms with Gasteiger partial charge >= 0.3 is 5.97 Å². The maximum absolute atomic E-state index is 13.1. The van der Waals surface area contributed by atoms with E-state index in [4.69, 9.17) is 14.2 Å². The second-order valence-corrected chi connectivity index (χ2v) is 5.84. The average Bonchev–Trinajstić information content (AvgIpc) is 2.66. The summed E-state index contributed by atoms with van der Waals surface area (Å²) in [5.41, 5.74) is 0.689. The third kappa shape index (κ3) is 5.80. The van der Waals surface area contributed by atoms with Gasteiger partial charge in [-0.2, -0.15) is 0 Å². The first-order valence-corrected chi connectivity index (χ1v) is 8.38. The predicted octanol–water partition coefficient (Wildman–Crippen LogP) is 2.99. The highest BCUT2D eigenvalue weighted by molar-refractivity contribution is 5.95. The summed E-state index contributed by atoms with van der Waals surface area (Å²) in [6.07, 6.45) is -1.11. The van der Waals surface area contributed by atoms with Crippen molar-refractivity contribution < 1.29 is 33.0 Å². The Labute approximate surface area is 161 Å². The summed E-state index contributed by atoms with van der Waals surface area (Å²) in [5.74, 6) is -1.48. The molecule has 2 aromatic carbocycles. The number of esters is 1. The largest absolute Gasteiger partial charge is 0.493 e. The lowest BCUT2D eigenvalue weighted by atomic mass is 10.1. The van der Waals surface area contributed by atoms with Gasteiger partial charge < -0.3 is 19.5 Å². The van der Waals surface area contributed by atoms with Gasteiger partial charge in [-0.1, -0.05) is 6.07 Å². The van der Waals surface area contributed by atoms with Crippen LogP contribution in [-0.4, -0.2) is 37.5 Å². The second-order valence-electron chi connectivity index (χ2n) is 5.84. The van der Waals surface area contributed by atoms with Crippen molar-refractivity contribution in [3.63, 3.8) is 0 Å². The molecule has 0 aliphatic carbocycles. The number of ether oxygens (including phenoxy) is 3. The van der Waals surface area contributed by atoms with E-state index in [1.165, 1.54) is 51.3 Å². The highest BCUT2D eigenvalue weighted by Gasteiger charge is 2.19. The van der Waals surface area contributed by atoms with Crippen LogP contribution in [0.2, 0.25) is 0 Å². The molecule has 148 valence electrons. The van der Waals surface area contributed by atoms with Crippen molar-refractivity contribution in [1.82, 2.24) is 0 Å². The minimum Gasteiger partial charge on any atom is -0.493 e. The molecule has 1 amide bonds. The van der Waals surface area contributed by atoms with Gasteiger partial charge in [0.15, 0.2) is 30.0 Å².